The average molecular weight is 495 g/mol. The maximum Gasteiger partial charge on any atom is 0.305 e. The lowest BCUT2D eigenvalue weighted by atomic mass is 9.95. The van der Waals surface area contributed by atoms with Crippen molar-refractivity contribution >= 4 is 17.7 Å². The Morgan fingerprint density at radius 3 is 2.97 bits per heavy atom. The van der Waals surface area contributed by atoms with E-state index in [2.05, 4.69) is 27.7 Å². The minimum atomic E-state index is -0.964. The zero-order valence-electron chi connectivity index (χ0n) is 20.5. The van der Waals surface area contributed by atoms with Gasteiger partial charge in [0.2, 0.25) is 12.7 Å². The maximum absolute atomic E-state index is 13.2. The first kappa shape index (κ1) is 24.4. The summed E-state index contributed by atoms with van der Waals surface area (Å²) in [5.41, 5.74) is 3.11. The van der Waals surface area contributed by atoms with Gasteiger partial charge in [-0.05, 0) is 80.9 Å². The lowest BCUT2D eigenvalue weighted by Gasteiger charge is -2.33. The smallest absolute Gasteiger partial charge is 0.305 e. The van der Waals surface area contributed by atoms with Crippen molar-refractivity contribution in [1.82, 2.24) is 15.2 Å². The van der Waals surface area contributed by atoms with Crippen LogP contribution in [0, 0.1) is 5.92 Å². The molecule has 0 bridgehead atoms. The van der Waals surface area contributed by atoms with Crippen LogP contribution in [-0.2, 0) is 22.4 Å². The predicted octanol–water partition coefficient (Wildman–Crippen LogP) is 3.15. The van der Waals surface area contributed by atoms with Gasteiger partial charge in [0.25, 0.3) is 0 Å². The van der Waals surface area contributed by atoms with Crippen molar-refractivity contribution < 1.29 is 24.2 Å². The molecule has 2 aromatic rings. The van der Waals surface area contributed by atoms with E-state index in [4.69, 9.17) is 14.5 Å². The Balaban J connectivity index is 1.14. The molecule has 3 aliphatic rings. The number of carbonyl (C=O) groups excluding carboxylic acids is 1. The molecule has 3 N–H and O–H groups in total. The number of nitrogens with zero attached hydrogens (tertiary/aromatic N) is 2. The molecule has 9 heteroatoms. The summed E-state index contributed by atoms with van der Waals surface area (Å²) in [6.07, 6.45) is 5.71. The SMILES string of the molecule is O=C(O)CC(NC(=O)C1CCCN(CCCc2ccc3c(n2)NCCC3)C1)c1ccc2c(c1)OCO2. The number of hydrogen-bond acceptors (Lipinski definition) is 7. The normalized spacial score (nSPS) is 19.7. The number of carboxylic acid groups (broad SMARTS) is 1. The molecule has 1 amide bonds. The van der Waals surface area contributed by atoms with Crippen molar-refractivity contribution in [2.45, 2.75) is 51.0 Å². The molecule has 2 unspecified atom stereocenters. The molecule has 192 valence electrons. The van der Waals surface area contributed by atoms with Gasteiger partial charge in [-0.25, -0.2) is 4.98 Å². The lowest BCUT2D eigenvalue weighted by Crippen LogP contribution is -2.44. The topological polar surface area (TPSA) is 113 Å². The summed E-state index contributed by atoms with van der Waals surface area (Å²) in [4.78, 5) is 31.8. The number of aryl methyl sites for hydroxylation is 2. The first-order valence-electron chi connectivity index (χ1n) is 12.9. The zero-order valence-corrected chi connectivity index (χ0v) is 20.5. The number of ether oxygens (including phenoxy) is 2. The predicted molar refractivity (Wildman–Crippen MR) is 134 cm³/mol. The van der Waals surface area contributed by atoms with Crippen LogP contribution in [0.5, 0.6) is 11.5 Å². The highest BCUT2D eigenvalue weighted by atomic mass is 16.7. The van der Waals surface area contributed by atoms with Crippen LogP contribution in [0.15, 0.2) is 30.3 Å². The number of aromatic nitrogens is 1. The second-order valence-corrected chi connectivity index (χ2v) is 9.86. The van der Waals surface area contributed by atoms with E-state index in [1.165, 1.54) is 5.56 Å². The van der Waals surface area contributed by atoms with Gasteiger partial charge < -0.3 is 30.1 Å². The fourth-order valence-corrected chi connectivity index (χ4v) is 5.31. The highest BCUT2D eigenvalue weighted by molar-refractivity contribution is 5.80. The van der Waals surface area contributed by atoms with Crippen molar-refractivity contribution in [3.05, 3.63) is 47.2 Å². The number of piperidine rings is 1. The Hall–Kier alpha value is -3.33. The molecule has 1 saturated heterocycles. The first-order chi connectivity index (χ1) is 17.5. The van der Waals surface area contributed by atoms with E-state index >= 15 is 0 Å². The largest absolute Gasteiger partial charge is 0.481 e. The van der Waals surface area contributed by atoms with Gasteiger partial charge in [-0.3, -0.25) is 9.59 Å². The summed E-state index contributed by atoms with van der Waals surface area (Å²) in [6, 6.07) is 9.01. The summed E-state index contributed by atoms with van der Waals surface area (Å²) in [7, 11) is 0. The van der Waals surface area contributed by atoms with E-state index in [0.29, 0.717) is 23.6 Å². The van der Waals surface area contributed by atoms with Crippen LogP contribution in [0.4, 0.5) is 5.82 Å². The van der Waals surface area contributed by atoms with Crippen LogP contribution in [0.25, 0.3) is 0 Å². The van der Waals surface area contributed by atoms with Crippen LogP contribution in [0.2, 0.25) is 0 Å². The van der Waals surface area contributed by atoms with Crippen LogP contribution in [0.3, 0.4) is 0 Å². The molecule has 0 radical (unpaired) electrons. The lowest BCUT2D eigenvalue weighted by molar-refractivity contribution is -0.138. The van der Waals surface area contributed by atoms with Gasteiger partial charge in [-0.15, -0.1) is 0 Å². The molecule has 0 spiro atoms. The number of anilines is 1. The number of amides is 1. The number of nitrogens with one attached hydrogen (secondary N) is 2. The molecular weight excluding hydrogens is 460 g/mol. The fraction of sp³-hybridized carbons (Fsp3) is 0.519. The highest BCUT2D eigenvalue weighted by Crippen LogP contribution is 2.35. The zero-order chi connectivity index (χ0) is 24.9. The van der Waals surface area contributed by atoms with Gasteiger partial charge in [0.1, 0.15) is 5.82 Å². The van der Waals surface area contributed by atoms with Gasteiger partial charge >= 0.3 is 5.97 Å². The van der Waals surface area contributed by atoms with E-state index < -0.39 is 12.0 Å². The van der Waals surface area contributed by atoms with Crippen LogP contribution in [0.1, 0.15) is 55.0 Å². The van der Waals surface area contributed by atoms with Gasteiger partial charge in [0.15, 0.2) is 11.5 Å². The molecule has 0 aliphatic carbocycles. The number of fused-ring (bicyclic) bond motifs is 2. The van der Waals surface area contributed by atoms with Crippen LogP contribution in [-0.4, -0.2) is 59.8 Å². The number of carboxylic acids is 1. The molecule has 5 rings (SSSR count). The number of aliphatic carboxylic acids is 1. The monoisotopic (exact) mass is 494 g/mol. The Bertz CT molecular complexity index is 1110. The second kappa shape index (κ2) is 11.2. The molecule has 9 nitrogen and oxygen atoms in total. The van der Waals surface area contributed by atoms with Crippen molar-refractivity contribution in [2.24, 2.45) is 5.92 Å². The van der Waals surface area contributed by atoms with Gasteiger partial charge in [-0.1, -0.05) is 12.1 Å². The minimum Gasteiger partial charge on any atom is -0.481 e. The molecule has 4 heterocycles. The number of pyridine rings is 1. The Kier molecular flexibility index (Phi) is 7.55. The molecule has 2 atom stereocenters. The standard InChI is InChI=1S/C27H34N4O5/c32-25(33)15-22(19-8-10-23-24(14-19)36-17-35-23)30-27(34)20-5-2-12-31(16-20)13-3-6-21-9-7-18-4-1-11-28-26(18)29-21/h7-10,14,20,22H,1-6,11-13,15-17H2,(H,28,29)(H,30,34)(H,32,33). The second-order valence-electron chi connectivity index (χ2n) is 9.86. The summed E-state index contributed by atoms with van der Waals surface area (Å²) in [5, 5.41) is 15.8. The van der Waals surface area contributed by atoms with Gasteiger partial charge in [-0.2, -0.15) is 0 Å². The van der Waals surface area contributed by atoms with Crippen molar-refractivity contribution in [3.63, 3.8) is 0 Å². The molecule has 36 heavy (non-hydrogen) atoms. The van der Waals surface area contributed by atoms with E-state index in [0.717, 1.165) is 69.7 Å². The molecule has 1 aromatic carbocycles. The molecule has 3 aliphatic heterocycles. The molecular formula is C27H34N4O5. The third-order valence-corrected chi connectivity index (χ3v) is 7.23. The molecule has 1 fully saturated rings. The number of carbonyl (C=O) groups is 2. The summed E-state index contributed by atoms with van der Waals surface area (Å²) < 4.78 is 10.8. The summed E-state index contributed by atoms with van der Waals surface area (Å²) in [6.45, 7) is 3.71. The Morgan fingerprint density at radius 2 is 2.08 bits per heavy atom. The number of likely N-dealkylation sites (tertiary alicyclic amines) is 1. The average Bonchev–Trinajstić information content (AvgIpc) is 3.36. The van der Waals surface area contributed by atoms with Gasteiger partial charge in [0, 0.05) is 18.8 Å². The van der Waals surface area contributed by atoms with Crippen molar-refractivity contribution in [1.29, 1.82) is 0 Å². The Morgan fingerprint density at radius 1 is 1.19 bits per heavy atom. The maximum atomic E-state index is 13.2. The molecule has 0 saturated carbocycles. The van der Waals surface area contributed by atoms with Crippen molar-refractivity contribution in [3.8, 4) is 11.5 Å². The van der Waals surface area contributed by atoms with Gasteiger partial charge in [0.05, 0.1) is 18.4 Å². The highest BCUT2D eigenvalue weighted by Gasteiger charge is 2.29. The third-order valence-electron chi connectivity index (χ3n) is 7.23. The van der Waals surface area contributed by atoms with E-state index in [-0.39, 0.29) is 25.0 Å². The number of rotatable bonds is 9. The van der Waals surface area contributed by atoms with Crippen molar-refractivity contribution in [2.75, 3.05) is 38.3 Å². The van der Waals surface area contributed by atoms with Crippen LogP contribution < -0.4 is 20.1 Å². The van der Waals surface area contributed by atoms with E-state index in [9.17, 15) is 14.7 Å². The minimum absolute atomic E-state index is 0.0916. The number of benzene rings is 1. The quantitative estimate of drug-likeness (QED) is 0.487. The van der Waals surface area contributed by atoms with E-state index in [1.807, 2.05) is 0 Å². The molecule has 1 aromatic heterocycles. The van der Waals surface area contributed by atoms with E-state index in [1.54, 1.807) is 18.2 Å². The number of hydrogen-bond donors (Lipinski definition) is 3. The van der Waals surface area contributed by atoms with Crippen LogP contribution >= 0.6 is 0 Å². The summed E-state index contributed by atoms with van der Waals surface area (Å²) >= 11 is 0. The Labute approximate surface area is 211 Å². The third kappa shape index (κ3) is 5.90. The first-order valence-corrected chi connectivity index (χ1v) is 12.9. The fourth-order valence-electron chi connectivity index (χ4n) is 5.31. The summed E-state index contributed by atoms with van der Waals surface area (Å²) in [5.74, 6) is 1.02.